The van der Waals surface area contributed by atoms with Crippen LogP contribution >= 0.6 is 0 Å². The molecule has 5 rings (SSSR count). The van der Waals surface area contributed by atoms with Crippen LogP contribution in [0.1, 0.15) is 37.2 Å². The lowest BCUT2D eigenvalue weighted by Crippen LogP contribution is -2.29. The number of benzene rings is 2. The molecular weight excluding hydrogens is 472 g/mol. The van der Waals surface area contributed by atoms with Crippen molar-refractivity contribution in [2.24, 2.45) is 0 Å². The molecule has 0 fully saturated rings. The Labute approximate surface area is 212 Å². The molecule has 3 heterocycles. The van der Waals surface area contributed by atoms with Crippen molar-refractivity contribution < 1.29 is 14.1 Å². The van der Waals surface area contributed by atoms with E-state index in [0.29, 0.717) is 29.5 Å². The average Bonchev–Trinajstić information content (AvgIpc) is 3.60. The lowest BCUT2D eigenvalue weighted by Gasteiger charge is -2.13. The molecule has 2 aromatic carbocycles. The number of rotatable bonds is 7. The summed E-state index contributed by atoms with van der Waals surface area (Å²) in [6.07, 6.45) is 3.25. The molecule has 0 bridgehead atoms. The zero-order valence-electron chi connectivity index (χ0n) is 20.5. The fraction of sp³-hybridized carbons (Fsp3) is 0.192. The molecule has 1 atom stereocenters. The maximum Gasteiger partial charge on any atom is 0.413 e. The van der Waals surface area contributed by atoms with Gasteiger partial charge in [0.1, 0.15) is 11.8 Å². The molecule has 1 N–H and O–H groups in total. The monoisotopic (exact) mass is 496 g/mol. The van der Waals surface area contributed by atoms with Crippen LogP contribution in [0, 0.1) is 6.92 Å². The number of ether oxygens (including phenoxy) is 1. The van der Waals surface area contributed by atoms with Gasteiger partial charge >= 0.3 is 6.09 Å². The van der Waals surface area contributed by atoms with Gasteiger partial charge in [0, 0.05) is 30.4 Å². The second-order valence-corrected chi connectivity index (χ2v) is 8.39. The summed E-state index contributed by atoms with van der Waals surface area (Å²) in [5.41, 5.74) is 4.40. The number of nitrogens with zero attached hydrogens (tertiary/aromatic N) is 7. The van der Waals surface area contributed by atoms with Crippen molar-refractivity contribution in [3.05, 3.63) is 84.3 Å². The van der Waals surface area contributed by atoms with E-state index >= 15 is 0 Å². The molecule has 37 heavy (non-hydrogen) atoms. The molecule has 11 heteroatoms. The fourth-order valence-corrected chi connectivity index (χ4v) is 3.71. The van der Waals surface area contributed by atoms with Crippen molar-refractivity contribution in [3.8, 4) is 34.0 Å². The predicted octanol–water partition coefficient (Wildman–Crippen LogP) is 4.49. The zero-order chi connectivity index (χ0) is 25.8. The first kappa shape index (κ1) is 23.8. The number of nitrogens with one attached hydrogen (secondary N) is 1. The molecule has 0 aliphatic rings. The van der Waals surface area contributed by atoms with Crippen molar-refractivity contribution in [2.75, 3.05) is 0 Å². The van der Waals surface area contributed by atoms with Gasteiger partial charge in [-0.15, -0.1) is 5.10 Å². The Morgan fingerprint density at radius 1 is 1.05 bits per heavy atom. The maximum atomic E-state index is 12.8. The van der Waals surface area contributed by atoms with Crippen molar-refractivity contribution >= 4 is 6.09 Å². The highest BCUT2D eigenvalue weighted by atomic mass is 16.6. The molecule has 0 spiro atoms. The number of aryl methyl sites for hydroxylation is 2. The zero-order valence-corrected chi connectivity index (χ0v) is 20.5. The van der Waals surface area contributed by atoms with Gasteiger partial charge in [-0.05, 0) is 59.7 Å². The van der Waals surface area contributed by atoms with E-state index in [2.05, 4.69) is 36.0 Å². The Hall–Kier alpha value is -4.93. The Bertz CT molecular complexity index is 1510. The Morgan fingerprint density at radius 2 is 1.84 bits per heavy atom. The third-order valence-corrected chi connectivity index (χ3v) is 5.67. The number of pyridine rings is 1. The quantitative estimate of drug-likeness (QED) is 0.346. The second-order valence-electron chi connectivity index (χ2n) is 8.39. The standard InChI is InChI=1S/C26H24N8O3/c1-4-23-30-32-33-34(23)21-13-20(18-7-5-16(2)6-8-18)14-22(15-21)36-26(35)28-17(3)25-29-24(31-37-25)19-9-11-27-12-10-19/h5-15,17H,4H2,1-3H3,(H,28,35). The molecule has 3 aromatic heterocycles. The Kier molecular flexibility index (Phi) is 6.66. The van der Waals surface area contributed by atoms with Crippen LogP contribution in [0.5, 0.6) is 5.75 Å². The predicted molar refractivity (Wildman–Crippen MR) is 134 cm³/mol. The van der Waals surface area contributed by atoms with E-state index in [1.807, 2.05) is 44.2 Å². The number of tetrazole rings is 1. The van der Waals surface area contributed by atoms with Crippen LogP contribution in [-0.4, -0.2) is 41.4 Å². The summed E-state index contributed by atoms with van der Waals surface area (Å²) in [5.74, 6) is 1.67. The van der Waals surface area contributed by atoms with Crippen LogP contribution in [0.2, 0.25) is 0 Å². The number of hydrogen-bond donors (Lipinski definition) is 1. The lowest BCUT2D eigenvalue weighted by atomic mass is 10.0. The van der Waals surface area contributed by atoms with Crippen LogP contribution in [0.25, 0.3) is 28.2 Å². The van der Waals surface area contributed by atoms with Crippen LogP contribution < -0.4 is 10.1 Å². The van der Waals surface area contributed by atoms with Gasteiger partial charge in [-0.1, -0.05) is 41.9 Å². The number of aromatic nitrogens is 7. The molecule has 1 unspecified atom stereocenters. The molecule has 11 nitrogen and oxygen atoms in total. The minimum absolute atomic E-state index is 0.249. The van der Waals surface area contributed by atoms with E-state index < -0.39 is 12.1 Å². The van der Waals surface area contributed by atoms with Crippen LogP contribution in [0.15, 0.2) is 71.5 Å². The first-order valence-corrected chi connectivity index (χ1v) is 11.7. The maximum absolute atomic E-state index is 12.8. The first-order valence-electron chi connectivity index (χ1n) is 11.7. The van der Waals surface area contributed by atoms with Crippen molar-refractivity contribution in [2.45, 2.75) is 33.2 Å². The highest BCUT2D eigenvalue weighted by molar-refractivity contribution is 5.74. The number of amides is 1. The fourth-order valence-electron chi connectivity index (χ4n) is 3.71. The summed E-state index contributed by atoms with van der Waals surface area (Å²) in [6, 6.07) is 16.5. The second kappa shape index (κ2) is 10.4. The molecule has 5 aromatic rings. The van der Waals surface area contributed by atoms with E-state index in [-0.39, 0.29) is 5.89 Å². The van der Waals surface area contributed by atoms with Gasteiger partial charge in [0.05, 0.1) is 5.69 Å². The molecule has 186 valence electrons. The van der Waals surface area contributed by atoms with Crippen LogP contribution in [0.3, 0.4) is 0 Å². The normalized spacial score (nSPS) is 11.8. The van der Waals surface area contributed by atoms with Crippen LogP contribution in [0.4, 0.5) is 4.79 Å². The van der Waals surface area contributed by atoms with E-state index in [0.717, 1.165) is 22.3 Å². The third kappa shape index (κ3) is 5.35. The first-order chi connectivity index (χ1) is 18.0. The summed E-state index contributed by atoms with van der Waals surface area (Å²) in [7, 11) is 0. The highest BCUT2D eigenvalue weighted by Gasteiger charge is 2.19. The molecule has 0 saturated heterocycles. The summed E-state index contributed by atoms with van der Waals surface area (Å²) < 4.78 is 12.6. The average molecular weight is 497 g/mol. The van der Waals surface area contributed by atoms with Crippen LogP contribution in [-0.2, 0) is 6.42 Å². The third-order valence-electron chi connectivity index (χ3n) is 5.67. The minimum atomic E-state index is -0.671. The van der Waals surface area contributed by atoms with Gasteiger partial charge in [0.2, 0.25) is 11.7 Å². The molecule has 1 amide bonds. The van der Waals surface area contributed by atoms with Gasteiger partial charge in [0.25, 0.3) is 0 Å². The number of carbonyl (C=O) groups excluding carboxylic acids is 1. The van der Waals surface area contributed by atoms with Gasteiger partial charge in [-0.2, -0.15) is 9.67 Å². The molecular formula is C26H24N8O3. The Morgan fingerprint density at radius 3 is 2.59 bits per heavy atom. The lowest BCUT2D eigenvalue weighted by molar-refractivity contribution is 0.193. The molecule has 0 aliphatic heterocycles. The van der Waals surface area contributed by atoms with Crippen molar-refractivity contribution in [3.63, 3.8) is 0 Å². The van der Waals surface area contributed by atoms with Gasteiger partial charge in [-0.25, -0.2) is 4.79 Å². The minimum Gasteiger partial charge on any atom is -0.410 e. The highest BCUT2D eigenvalue weighted by Crippen LogP contribution is 2.29. The summed E-state index contributed by atoms with van der Waals surface area (Å²) in [4.78, 5) is 21.2. The van der Waals surface area contributed by atoms with E-state index in [1.165, 1.54) is 0 Å². The van der Waals surface area contributed by atoms with Gasteiger partial charge in [0.15, 0.2) is 5.82 Å². The van der Waals surface area contributed by atoms with E-state index in [4.69, 9.17) is 9.26 Å². The van der Waals surface area contributed by atoms with E-state index in [9.17, 15) is 4.79 Å². The molecule has 0 radical (unpaired) electrons. The SMILES string of the molecule is CCc1nnnn1-c1cc(OC(=O)NC(C)c2nc(-c3ccncc3)no2)cc(-c2ccc(C)cc2)c1. The largest absolute Gasteiger partial charge is 0.413 e. The summed E-state index contributed by atoms with van der Waals surface area (Å²) in [5, 5.41) is 18.7. The van der Waals surface area contributed by atoms with Gasteiger partial charge in [-0.3, -0.25) is 4.98 Å². The van der Waals surface area contributed by atoms with Crippen molar-refractivity contribution in [1.29, 1.82) is 0 Å². The number of carbonyl (C=O) groups is 1. The summed E-state index contributed by atoms with van der Waals surface area (Å²) in [6.45, 7) is 5.72. The van der Waals surface area contributed by atoms with Gasteiger partial charge < -0.3 is 14.6 Å². The topological polar surface area (TPSA) is 134 Å². The summed E-state index contributed by atoms with van der Waals surface area (Å²) >= 11 is 0. The van der Waals surface area contributed by atoms with E-state index in [1.54, 1.807) is 48.3 Å². The Balaban J connectivity index is 1.38. The molecule has 0 saturated carbocycles. The smallest absolute Gasteiger partial charge is 0.410 e. The molecule has 0 aliphatic carbocycles. The van der Waals surface area contributed by atoms with Crippen molar-refractivity contribution in [1.82, 2.24) is 40.6 Å². The number of hydrogen-bond acceptors (Lipinski definition) is 9.